The Morgan fingerprint density at radius 3 is 2.55 bits per heavy atom. The second-order valence-electron chi connectivity index (χ2n) is 5.79. The molecular weight excluding hydrogens is 276 g/mol. The van der Waals surface area contributed by atoms with Crippen molar-refractivity contribution in [2.24, 2.45) is 0 Å². The van der Waals surface area contributed by atoms with Gasteiger partial charge in [-0.25, -0.2) is 0 Å². The zero-order valence-electron chi connectivity index (χ0n) is 12.9. The fraction of sp³-hybridized carbons (Fsp3) is 0.389. The molecule has 1 atom stereocenters. The van der Waals surface area contributed by atoms with Crippen LogP contribution in [-0.4, -0.2) is 30.4 Å². The maximum absolute atomic E-state index is 12.2. The van der Waals surface area contributed by atoms with Crippen molar-refractivity contribution in [1.82, 2.24) is 10.2 Å². The largest absolute Gasteiger partial charge is 0.456 e. The van der Waals surface area contributed by atoms with Crippen molar-refractivity contribution in [3.63, 3.8) is 0 Å². The second-order valence-corrected chi connectivity index (χ2v) is 5.79. The molecule has 1 saturated heterocycles. The summed E-state index contributed by atoms with van der Waals surface area (Å²) >= 11 is 0. The fourth-order valence-corrected chi connectivity index (χ4v) is 3.02. The number of carbonyl (C=O) groups is 1. The summed E-state index contributed by atoms with van der Waals surface area (Å²) in [5.41, 5.74) is 1.25. The minimum atomic E-state index is -0.145. The van der Waals surface area contributed by atoms with E-state index in [0.717, 1.165) is 18.8 Å². The molecule has 4 nitrogen and oxygen atoms in total. The normalized spacial score (nSPS) is 16.6. The van der Waals surface area contributed by atoms with Gasteiger partial charge in [0.2, 0.25) is 0 Å². The summed E-state index contributed by atoms with van der Waals surface area (Å²) in [5, 5.41) is 3.01. The van der Waals surface area contributed by atoms with Gasteiger partial charge in [0.1, 0.15) is 5.76 Å². The van der Waals surface area contributed by atoms with Crippen molar-refractivity contribution in [3.8, 4) is 0 Å². The van der Waals surface area contributed by atoms with Gasteiger partial charge in [0.25, 0.3) is 5.91 Å². The molecule has 0 bridgehead atoms. The molecule has 0 aliphatic carbocycles. The second kappa shape index (κ2) is 6.79. The van der Waals surface area contributed by atoms with Crippen LogP contribution < -0.4 is 5.32 Å². The summed E-state index contributed by atoms with van der Waals surface area (Å²) < 4.78 is 5.38. The van der Waals surface area contributed by atoms with Gasteiger partial charge in [0, 0.05) is 6.54 Å². The SMILES string of the molecule is Cc1ccc(C(=O)NCC(c2ccccc2)N2CCCC2)o1. The number of nitrogens with one attached hydrogen (secondary N) is 1. The molecule has 1 unspecified atom stereocenters. The number of nitrogens with zero attached hydrogens (tertiary/aromatic N) is 1. The molecule has 0 radical (unpaired) electrons. The Bertz CT molecular complexity index is 615. The molecule has 1 aromatic carbocycles. The number of amides is 1. The van der Waals surface area contributed by atoms with Crippen molar-refractivity contribution in [2.75, 3.05) is 19.6 Å². The van der Waals surface area contributed by atoms with Crippen LogP contribution in [0.2, 0.25) is 0 Å². The van der Waals surface area contributed by atoms with E-state index in [1.54, 1.807) is 6.07 Å². The third kappa shape index (κ3) is 3.39. The number of benzene rings is 1. The Kier molecular flexibility index (Phi) is 4.59. The molecule has 1 aliphatic heterocycles. The van der Waals surface area contributed by atoms with Crippen LogP contribution in [0.25, 0.3) is 0 Å². The molecule has 3 rings (SSSR count). The van der Waals surface area contributed by atoms with E-state index in [2.05, 4.69) is 34.5 Å². The highest BCUT2D eigenvalue weighted by Crippen LogP contribution is 2.24. The predicted molar refractivity (Wildman–Crippen MR) is 85.8 cm³/mol. The lowest BCUT2D eigenvalue weighted by molar-refractivity contribution is 0.0909. The molecular formula is C18H22N2O2. The summed E-state index contributed by atoms with van der Waals surface area (Å²) in [7, 11) is 0. The zero-order valence-corrected chi connectivity index (χ0v) is 12.9. The van der Waals surface area contributed by atoms with Crippen LogP contribution in [0.5, 0.6) is 0 Å². The minimum absolute atomic E-state index is 0.145. The Labute approximate surface area is 131 Å². The van der Waals surface area contributed by atoms with Gasteiger partial charge < -0.3 is 9.73 Å². The number of likely N-dealkylation sites (tertiary alicyclic amines) is 1. The van der Waals surface area contributed by atoms with Gasteiger partial charge in [-0.15, -0.1) is 0 Å². The van der Waals surface area contributed by atoms with Gasteiger partial charge in [-0.2, -0.15) is 0 Å². The van der Waals surface area contributed by atoms with Crippen molar-refractivity contribution in [2.45, 2.75) is 25.8 Å². The summed E-state index contributed by atoms with van der Waals surface area (Å²) in [4.78, 5) is 14.6. The first-order valence-electron chi connectivity index (χ1n) is 7.87. The van der Waals surface area contributed by atoms with E-state index in [-0.39, 0.29) is 11.9 Å². The third-order valence-corrected chi connectivity index (χ3v) is 4.19. The van der Waals surface area contributed by atoms with E-state index in [9.17, 15) is 4.79 Å². The van der Waals surface area contributed by atoms with Crippen molar-refractivity contribution < 1.29 is 9.21 Å². The third-order valence-electron chi connectivity index (χ3n) is 4.19. The van der Waals surface area contributed by atoms with Crippen molar-refractivity contribution in [1.29, 1.82) is 0 Å². The maximum Gasteiger partial charge on any atom is 0.287 e. The fourth-order valence-electron chi connectivity index (χ4n) is 3.02. The number of aryl methyl sites for hydroxylation is 1. The van der Waals surface area contributed by atoms with E-state index in [4.69, 9.17) is 4.42 Å². The highest BCUT2D eigenvalue weighted by molar-refractivity contribution is 5.91. The quantitative estimate of drug-likeness (QED) is 0.922. The number of hydrogen-bond donors (Lipinski definition) is 1. The molecule has 116 valence electrons. The van der Waals surface area contributed by atoms with Gasteiger partial charge in [0.15, 0.2) is 5.76 Å². The Morgan fingerprint density at radius 2 is 1.91 bits per heavy atom. The van der Waals surface area contributed by atoms with Crippen LogP contribution in [0, 0.1) is 6.92 Å². The molecule has 1 aromatic heterocycles. The van der Waals surface area contributed by atoms with Crippen molar-refractivity contribution in [3.05, 3.63) is 59.5 Å². The van der Waals surface area contributed by atoms with Crippen LogP contribution in [0.3, 0.4) is 0 Å². The smallest absolute Gasteiger partial charge is 0.287 e. The lowest BCUT2D eigenvalue weighted by atomic mass is 10.1. The molecule has 1 fully saturated rings. The first-order chi connectivity index (χ1) is 10.7. The minimum Gasteiger partial charge on any atom is -0.456 e. The number of furan rings is 1. The topological polar surface area (TPSA) is 45.5 Å². The molecule has 1 aliphatic rings. The first kappa shape index (κ1) is 14.9. The van der Waals surface area contributed by atoms with Crippen molar-refractivity contribution >= 4 is 5.91 Å². The highest BCUT2D eigenvalue weighted by atomic mass is 16.3. The standard InChI is InChI=1S/C18H22N2O2/c1-14-9-10-17(22-14)18(21)19-13-16(20-11-5-6-12-20)15-7-3-2-4-8-15/h2-4,7-10,16H,5-6,11-13H2,1H3,(H,19,21). The lowest BCUT2D eigenvalue weighted by Crippen LogP contribution is -2.36. The molecule has 2 heterocycles. The number of hydrogen-bond acceptors (Lipinski definition) is 3. The highest BCUT2D eigenvalue weighted by Gasteiger charge is 2.24. The molecule has 0 spiro atoms. The average molecular weight is 298 g/mol. The van der Waals surface area contributed by atoms with Crippen LogP contribution in [-0.2, 0) is 0 Å². The first-order valence-corrected chi connectivity index (χ1v) is 7.87. The van der Waals surface area contributed by atoms with E-state index < -0.39 is 0 Å². The Morgan fingerprint density at radius 1 is 1.18 bits per heavy atom. The molecule has 4 heteroatoms. The van der Waals surface area contributed by atoms with E-state index in [1.807, 2.05) is 19.1 Å². The summed E-state index contributed by atoms with van der Waals surface area (Å²) in [6, 6.07) is 14.1. The van der Waals surface area contributed by atoms with E-state index >= 15 is 0 Å². The molecule has 1 N–H and O–H groups in total. The summed E-state index contributed by atoms with van der Waals surface area (Å²) in [5.74, 6) is 0.989. The maximum atomic E-state index is 12.2. The van der Waals surface area contributed by atoms with Gasteiger partial charge in [-0.3, -0.25) is 9.69 Å². The van der Waals surface area contributed by atoms with Crippen LogP contribution >= 0.6 is 0 Å². The average Bonchev–Trinajstić information content (AvgIpc) is 3.20. The van der Waals surface area contributed by atoms with E-state index in [0.29, 0.717) is 12.3 Å². The molecule has 1 amide bonds. The summed E-state index contributed by atoms with van der Waals surface area (Å²) in [6.07, 6.45) is 2.46. The molecule has 0 saturated carbocycles. The zero-order chi connectivity index (χ0) is 15.4. The van der Waals surface area contributed by atoms with Gasteiger partial charge in [-0.05, 0) is 50.6 Å². The lowest BCUT2D eigenvalue weighted by Gasteiger charge is -2.28. The summed E-state index contributed by atoms with van der Waals surface area (Å²) in [6.45, 7) is 4.63. The Hall–Kier alpha value is -2.07. The number of carbonyl (C=O) groups excluding carboxylic acids is 1. The van der Waals surface area contributed by atoms with Gasteiger partial charge in [-0.1, -0.05) is 30.3 Å². The predicted octanol–water partition coefficient (Wildman–Crippen LogP) is 3.15. The van der Waals surface area contributed by atoms with Gasteiger partial charge in [0.05, 0.1) is 6.04 Å². The van der Waals surface area contributed by atoms with E-state index in [1.165, 1.54) is 18.4 Å². The monoisotopic (exact) mass is 298 g/mol. The number of rotatable bonds is 5. The van der Waals surface area contributed by atoms with Crippen LogP contribution in [0.15, 0.2) is 46.9 Å². The molecule has 22 heavy (non-hydrogen) atoms. The van der Waals surface area contributed by atoms with Crippen LogP contribution in [0.4, 0.5) is 0 Å². The van der Waals surface area contributed by atoms with Crippen LogP contribution in [0.1, 0.15) is 40.8 Å². The van der Waals surface area contributed by atoms with Gasteiger partial charge >= 0.3 is 0 Å². The molecule has 2 aromatic rings. The Balaban J connectivity index is 1.69.